The van der Waals surface area contributed by atoms with E-state index in [9.17, 15) is 4.39 Å². The third-order valence-electron chi connectivity index (χ3n) is 3.40. The highest BCUT2D eigenvalue weighted by molar-refractivity contribution is 5.44. The molecule has 0 amide bonds. The molecule has 2 N–H and O–H groups in total. The first-order chi connectivity index (χ1) is 10.2. The van der Waals surface area contributed by atoms with Crippen molar-refractivity contribution in [1.29, 1.82) is 0 Å². The highest BCUT2D eigenvalue weighted by Gasteiger charge is 2.05. The molecule has 21 heavy (non-hydrogen) atoms. The van der Waals surface area contributed by atoms with Crippen LogP contribution >= 0.6 is 0 Å². The van der Waals surface area contributed by atoms with Gasteiger partial charge in [0.2, 0.25) is 0 Å². The Bertz CT molecular complexity index is 401. The molecule has 1 aromatic rings. The topological polar surface area (TPSA) is 46.2 Å². The third kappa shape index (κ3) is 6.87. The summed E-state index contributed by atoms with van der Waals surface area (Å²) in [6, 6.07) is 4.24. The molecule has 0 spiro atoms. The predicted molar refractivity (Wildman–Crippen MR) is 85.7 cm³/mol. The summed E-state index contributed by atoms with van der Waals surface area (Å²) in [7, 11) is 3.42. The molecule has 0 radical (unpaired) electrons. The molecule has 1 unspecified atom stereocenters. The normalized spacial score (nSPS) is 12.4. The second-order valence-electron chi connectivity index (χ2n) is 5.13. The first-order valence-electron chi connectivity index (χ1n) is 7.71. The number of hydrogen-bond acceptors (Lipinski definition) is 4. The zero-order chi connectivity index (χ0) is 15.5. The minimum atomic E-state index is -0.920. The lowest BCUT2D eigenvalue weighted by Gasteiger charge is -2.10. The van der Waals surface area contributed by atoms with E-state index < -0.39 is 6.17 Å². The molecule has 120 valence electrons. The minimum absolute atomic E-state index is 0.160. The fourth-order valence-electron chi connectivity index (χ4n) is 2.22. The summed E-state index contributed by atoms with van der Waals surface area (Å²) < 4.78 is 17.9. The van der Waals surface area contributed by atoms with Gasteiger partial charge in [0.15, 0.2) is 0 Å². The predicted octanol–water partition coefficient (Wildman–Crippen LogP) is 2.58. The Balaban J connectivity index is 2.21. The number of anilines is 1. The van der Waals surface area contributed by atoms with Crippen LogP contribution in [0, 0.1) is 0 Å². The number of alkyl halides is 1. The van der Waals surface area contributed by atoms with Crippen LogP contribution in [0.3, 0.4) is 0 Å². The van der Waals surface area contributed by atoms with E-state index in [1.54, 1.807) is 0 Å². The summed E-state index contributed by atoms with van der Waals surface area (Å²) in [6.07, 6.45) is 3.09. The van der Waals surface area contributed by atoms with Crippen LogP contribution in [-0.4, -0.2) is 45.0 Å². The number of nitrogens with zero attached hydrogens (tertiary/aromatic N) is 1. The summed E-state index contributed by atoms with van der Waals surface area (Å²) in [5.41, 5.74) is 2.36. The number of halogens is 1. The van der Waals surface area contributed by atoms with E-state index >= 15 is 0 Å². The Hall–Kier alpha value is -1.20. The van der Waals surface area contributed by atoms with Crippen LogP contribution in [0.1, 0.15) is 31.0 Å². The second kappa shape index (κ2) is 10.5. The third-order valence-corrected chi connectivity index (χ3v) is 3.40. The molecule has 0 aliphatic carbocycles. The SMILES string of the molecule is CCc1ccc(CCCCNCC(F)COC)nc1NC. The average molecular weight is 297 g/mol. The van der Waals surface area contributed by atoms with E-state index in [0.29, 0.717) is 6.54 Å². The molecule has 4 nitrogen and oxygen atoms in total. The molecule has 5 heteroatoms. The van der Waals surface area contributed by atoms with Gasteiger partial charge in [-0.05, 0) is 43.9 Å². The van der Waals surface area contributed by atoms with Crippen molar-refractivity contribution in [3.8, 4) is 0 Å². The number of nitrogens with one attached hydrogen (secondary N) is 2. The molecule has 0 aliphatic rings. The highest BCUT2D eigenvalue weighted by atomic mass is 19.1. The fraction of sp³-hybridized carbons (Fsp3) is 0.688. The minimum Gasteiger partial charge on any atom is -0.382 e. The summed E-state index contributed by atoms with van der Waals surface area (Å²) in [6.45, 7) is 3.48. The van der Waals surface area contributed by atoms with Gasteiger partial charge in [0.1, 0.15) is 12.0 Å². The quantitative estimate of drug-likeness (QED) is 0.616. The van der Waals surface area contributed by atoms with Crippen LogP contribution in [0.15, 0.2) is 12.1 Å². The van der Waals surface area contributed by atoms with E-state index in [2.05, 4.69) is 34.7 Å². The lowest BCUT2D eigenvalue weighted by Crippen LogP contribution is -2.27. The van der Waals surface area contributed by atoms with Crippen molar-refractivity contribution in [2.75, 3.05) is 39.2 Å². The molecular formula is C16H28FN3O. The summed E-state index contributed by atoms with van der Waals surface area (Å²) in [5, 5.41) is 6.25. The van der Waals surface area contributed by atoms with Gasteiger partial charge in [0.05, 0.1) is 6.61 Å². The Morgan fingerprint density at radius 1 is 1.33 bits per heavy atom. The highest BCUT2D eigenvalue weighted by Crippen LogP contribution is 2.14. The number of rotatable bonds is 11. The lowest BCUT2D eigenvalue weighted by atomic mass is 10.1. The number of hydrogen-bond donors (Lipinski definition) is 2. The molecule has 0 fully saturated rings. The Kier molecular flexibility index (Phi) is 8.94. The van der Waals surface area contributed by atoms with Crippen LogP contribution in [0.4, 0.5) is 10.2 Å². The van der Waals surface area contributed by atoms with Gasteiger partial charge in [-0.2, -0.15) is 0 Å². The molecule has 1 rings (SSSR count). The summed E-state index contributed by atoms with van der Waals surface area (Å²) in [5.74, 6) is 0.980. The number of aryl methyl sites for hydroxylation is 2. The number of unbranched alkanes of at least 4 members (excludes halogenated alkanes) is 1. The van der Waals surface area contributed by atoms with E-state index in [1.165, 1.54) is 12.7 Å². The Morgan fingerprint density at radius 3 is 2.81 bits per heavy atom. The van der Waals surface area contributed by atoms with Gasteiger partial charge in [-0.15, -0.1) is 0 Å². The van der Waals surface area contributed by atoms with Gasteiger partial charge in [-0.3, -0.25) is 0 Å². The smallest absolute Gasteiger partial charge is 0.136 e. The molecule has 0 saturated carbocycles. The maximum Gasteiger partial charge on any atom is 0.136 e. The monoisotopic (exact) mass is 297 g/mol. The maximum atomic E-state index is 13.1. The van der Waals surface area contributed by atoms with Crippen LogP contribution in [0.2, 0.25) is 0 Å². The van der Waals surface area contributed by atoms with E-state index in [1.807, 2.05) is 7.05 Å². The Morgan fingerprint density at radius 2 is 2.14 bits per heavy atom. The van der Waals surface area contributed by atoms with Crippen LogP contribution in [0.25, 0.3) is 0 Å². The van der Waals surface area contributed by atoms with Crippen molar-refractivity contribution in [2.45, 2.75) is 38.8 Å². The van der Waals surface area contributed by atoms with Gasteiger partial charge in [0.25, 0.3) is 0 Å². The first kappa shape index (κ1) is 17.9. The Labute approximate surface area is 127 Å². The number of pyridine rings is 1. The van der Waals surface area contributed by atoms with Crippen molar-refractivity contribution in [3.63, 3.8) is 0 Å². The first-order valence-corrected chi connectivity index (χ1v) is 7.71. The van der Waals surface area contributed by atoms with Gasteiger partial charge < -0.3 is 15.4 Å². The summed E-state index contributed by atoms with van der Waals surface area (Å²) >= 11 is 0. The van der Waals surface area contributed by atoms with Crippen LogP contribution < -0.4 is 10.6 Å². The second-order valence-corrected chi connectivity index (χ2v) is 5.13. The maximum absolute atomic E-state index is 13.1. The number of ether oxygens (including phenoxy) is 1. The van der Waals surface area contributed by atoms with E-state index in [4.69, 9.17) is 4.74 Å². The molecule has 0 saturated heterocycles. The van der Waals surface area contributed by atoms with Crippen molar-refractivity contribution < 1.29 is 9.13 Å². The zero-order valence-electron chi connectivity index (χ0n) is 13.4. The van der Waals surface area contributed by atoms with Crippen molar-refractivity contribution in [1.82, 2.24) is 10.3 Å². The fourth-order valence-corrected chi connectivity index (χ4v) is 2.22. The zero-order valence-corrected chi connectivity index (χ0v) is 13.4. The average Bonchev–Trinajstić information content (AvgIpc) is 2.50. The molecule has 1 atom stereocenters. The van der Waals surface area contributed by atoms with E-state index in [0.717, 1.165) is 43.7 Å². The van der Waals surface area contributed by atoms with E-state index in [-0.39, 0.29) is 6.61 Å². The standard InChI is InChI=1S/C16H28FN3O/c1-4-13-8-9-15(20-16(13)18-2)7-5-6-10-19-11-14(17)12-21-3/h8-9,14,19H,4-7,10-12H2,1-3H3,(H,18,20). The molecule has 0 bridgehead atoms. The van der Waals surface area contributed by atoms with Crippen molar-refractivity contribution >= 4 is 5.82 Å². The largest absolute Gasteiger partial charge is 0.382 e. The van der Waals surface area contributed by atoms with Crippen LogP contribution in [0.5, 0.6) is 0 Å². The molecule has 0 aromatic carbocycles. The lowest BCUT2D eigenvalue weighted by molar-refractivity contribution is 0.123. The van der Waals surface area contributed by atoms with Gasteiger partial charge in [0, 0.05) is 26.4 Å². The molecule has 1 aromatic heterocycles. The van der Waals surface area contributed by atoms with Gasteiger partial charge in [-0.25, -0.2) is 9.37 Å². The molecule has 1 heterocycles. The van der Waals surface area contributed by atoms with Crippen LogP contribution in [-0.2, 0) is 17.6 Å². The number of aromatic nitrogens is 1. The summed E-state index contributed by atoms with van der Waals surface area (Å²) in [4.78, 5) is 4.62. The molecular weight excluding hydrogens is 269 g/mol. The van der Waals surface area contributed by atoms with Crippen molar-refractivity contribution in [2.24, 2.45) is 0 Å². The van der Waals surface area contributed by atoms with Gasteiger partial charge >= 0.3 is 0 Å². The van der Waals surface area contributed by atoms with Gasteiger partial charge in [-0.1, -0.05) is 13.0 Å². The number of methoxy groups -OCH3 is 1. The van der Waals surface area contributed by atoms with Crippen molar-refractivity contribution in [3.05, 3.63) is 23.4 Å². The molecule has 0 aliphatic heterocycles.